The fourth-order valence-electron chi connectivity index (χ4n) is 3.42. The molecule has 1 heterocycles. The number of aliphatic imine (C=N–C) groups is 1. The summed E-state index contributed by atoms with van der Waals surface area (Å²) in [6.45, 7) is 6.77. The number of carbonyl (C=O) groups is 1. The van der Waals surface area contributed by atoms with Gasteiger partial charge in [-0.3, -0.25) is 4.79 Å². The van der Waals surface area contributed by atoms with Gasteiger partial charge >= 0.3 is 0 Å². The van der Waals surface area contributed by atoms with Gasteiger partial charge in [-0.15, -0.1) is 24.0 Å². The molecule has 1 aromatic rings. The second-order valence-corrected chi connectivity index (χ2v) is 9.45. The molecule has 0 aromatic heterocycles. The maximum atomic E-state index is 12.1. The zero-order valence-electron chi connectivity index (χ0n) is 16.9. The molecule has 5 nitrogen and oxygen atoms in total. The molecule has 0 spiro atoms. The average molecular weight is 516 g/mol. The van der Waals surface area contributed by atoms with Gasteiger partial charge in [0, 0.05) is 29.4 Å². The molecule has 1 unspecified atom stereocenters. The number of hydrogen-bond acceptors (Lipinski definition) is 3. The van der Waals surface area contributed by atoms with E-state index in [1.807, 2.05) is 18.2 Å². The van der Waals surface area contributed by atoms with Gasteiger partial charge in [-0.05, 0) is 63.0 Å². The first-order valence-electron chi connectivity index (χ1n) is 10.1. The number of benzene rings is 1. The highest BCUT2D eigenvalue weighted by Gasteiger charge is 2.29. The van der Waals surface area contributed by atoms with E-state index in [2.05, 4.69) is 47.6 Å². The zero-order valence-corrected chi connectivity index (χ0v) is 20.1. The molecule has 7 heteroatoms. The fraction of sp³-hybridized carbons (Fsp3) is 0.619. The molecule has 28 heavy (non-hydrogen) atoms. The van der Waals surface area contributed by atoms with Crippen LogP contribution in [0.25, 0.3) is 0 Å². The van der Waals surface area contributed by atoms with Gasteiger partial charge in [0.1, 0.15) is 0 Å². The highest BCUT2D eigenvalue weighted by Crippen LogP contribution is 2.36. The Morgan fingerprint density at radius 2 is 2.11 bits per heavy atom. The van der Waals surface area contributed by atoms with E-state index >= 15 is 0 Å². The molecule has 1 aliphatic carbocycles. The lowest BCUT2D eigenvalue weighted by molar-refractivity contribution is -0.122. The van der Waals surface area contributed by atoms with E-state index in [9.17, 15) is 4.79 Å². The van der Waals surface area contributed by atoms with Crippen LogP contribution < -0.4 is 16.0 Å². The summed E-state index contributed by atoms with van der Waals surface area (Å²) in [5, 5.41) is 9.87. The van der Waals surface area contributed by atoms with Gasteiger partial charge in [-0.2, -0.15) is 11.8 Å². The number of anilines is 1. The number of nitrogens with zero attached hydrogens (tertiary/aromatic N) is 1. The maximum absolute atomic E-state index is 12.1. The third kappa shape index (κ3) is 6.83. The SMILES string of the molecule is CCNC(=NCc1cccc(NC(=O)C2CCC2)c1)NCC1(C)CCCS1.I. The van der Waals surface area contributed by atoms with Crippen molar-refractivity contribution in [2.45, 2.75) is 57.2 Å². The summed E-state index contributed by atoms with van der Waals surface area (Å²) >= 11 is 2.05. The van der Waals surface area contributed by atoms with E-state index < -0.39 is 0 Å². The average Bonchev–Trinajstić information content (AvgIpc) is 3.03. The summed E-state index contributed by atoms with van der Waals surface area (Å²) in [4.78, 5) is 16.9. The summed E-state index contributed by atoms with van der Waals surface area (Å²) < 4.78 is 0.307. The molecule has 1 aliphatic heterocycles. The lowest BCUT2D eigenvalue weighted by Crippen LogP contribution is -2.43. The van der Waals surface area contributed by atoms with Crippen LogP contribution in [-0.4, -0.2) is 35.5 Å². The Balaban J connectivity index is 0.00000280. The first-order chi connectivity index (χ1) is 13.1. The molecule has 1 amide bonds. The molecule has 2 fully saturated rings. The number of nitrogens with one attached hydrogen (secondary N) is 3. The third-order valence-electron chi connectivity index (χ3n) is 5.36. The van der Waals surface area contributed by atoms with Crippen molar-refractivity contribution in [1.82, 2.24) is 10.6 Å². The first kappa shape index (κ1) is 23.3. The summed E-state index contributed by atoms with van der Waals surface area (Å²) in [5.41, 5.74) is 1.97. The summed E-state index contributed by atoms with van der Waals surface area (Å²) in [5.74, 6) is 2.46. The highest BCUT2D eigenvalue weighted by molar-refractivity contribution is 14.0. The predicted molar refractivity (Wildman–Crippen MR) is 131 cm³/mol. The third-order valence-corrected chi connectivity index (χ3v) is 6.90. The van der Waals surface area contributed by atoms with Crippen LogP contribution >= 0.6 is 35.7 Å². The van der Waals surface area contributed by atoms with Gasteiger partial charge in [0.25, 0.3) is 0 Å². The Labute approximate surface area is 190 Å². The summed E-state index contributed by atoms with van der Waals surface area (Å²) in [7, 11) is 0. The number of thioether (sulfide) groups is 1. The van der Waals surface area contributed by atoms with Crippen LogP contribution in [0.2, 0.25) is 0 Å². The Morgan fingerprint density at radius 1 is 1.29 bits per heavy atom. The minimum absolute atomic E-state index is 0. The molecule has 1 saturated carbocycles. The summed E-state index contributed by atoms with van der Waals surface area (Å²) in [6, 6.07) is 8.02. The van der Waals surface area contributed by atoms with E-state index in [-0.39, 0.29) is 35.8 Å². The number of guanidine groups is 1. The van der Waals surface area contributed by atoms with Gasteiger partial charge in [-0.1, -0.05) is 18.6 Å². The van der Waals surface area contributed by atoms with Crippen LogP contribution in [0, 0.1) is 5.92 Å². The van der Waals surface area contributed by atoms with Crippen molar-refractivity contribution in [3.8, 4) is 0 Å². The van der Waals surface area contributed by atoms with Crippen molar-refractivity contribution >= 4 is 53.3 Å². The number of amides is 1. The monoisotopic (exact) mass is 516 g/mol. The van der Waals surface area contributed by atoms with Crippen LogP contribution in [0.5, 0.6) is 0 Å². The molecular weight excluding hydrogens is 483 g/mol. The van der Waals surface area contributed by atoms with E-state index in [0.717, 1.165) is 43.1 Å². The number of rotatable bonds is 7. The van der Waals surface area contributed by atoms with Crippen molar-refractivity contribution in [2.75, 3.05) is 24.2 Å². The molecule has 2 aliphatic rings. The quantitative estimate of drug-likeness (QED) is 0.286. The minimum Gasteiger partial charge on any atom is -0.357 e. The van der Waals surface area contributed by atoms with Crippen molar-refractivity contribution in [1.29, 1.82) is 0 Å². The van der Waals surface area contributed by atoms with Crippen molar-refractivity contribution in [2.24, 2.45) is 10.9 Å². The van der Waals surface area contributed by atoms with E-state index in [4.69, 9.17) is 4.99 Å². The van der Waals surface area contributed by atoms with Gasteiger partial charge in [0.2, 0.25) is 5.91 Å². The second-order valence-electron chi connectivity index (χ2n) is 7.77. The molecular formula is C21H33IN4OS. The van der Waals surface area contributed by atoms with Gasteiger partial charge in [0.05, 0.1) is 6.54 Å². The van der Waals surface area contributed by atoms with Crippen molar-refractivity contribution < 1.29 is 4.79 Å². The van der Waals surface area contributed by atoms with E-state index in [1.54, 1.807) is 0 Å². The Morgan fingerprint density at radius 3 is 2.75 bits per heavy atom. The largest absolute Gasteiger partial charge is 0.357 e. The molecule has 156 valence electrons. The van der Waals surface area contributed by atoms with Crippen LogP contribution in [0.4, 0.5) is 5.69 Å². The van der Waals surface area contributed by atoms with Gasteiger partial charge in [0.15, 0.2) is 5.96 Å². The van der Waals surface area contributed by atoms with Crippen LogP contribution in [0.15, 0.2) is 29.3 Å². The fourth-order valence-corrected chi connectivity index (χ4v) is 4.67. The molecule has 0 bridgehead atoms. The zero-order chi connectivity index (χ0) is 19.1. The maximum Gasteiger partial charge on any atom is 0.227 e. The molecule has 3 rings (SSSR count). The highest BCUT2D eigenvalue weighted by atomic mass is 127. The standard InChI is InChI=1S/C21H32N4OS.HI/c1-3-22-20(24-15-21(2)11-6-12-27-21)23-14-16-7-4-10-18(13-16)25-19(26)17-8-5-9-17;/h4,7,10,13,17H,3,5-6,8-9,11-12,14-15H2,1-2H3,(H,25,26)(H2,22,23,24);1H. The topological polar surface area (TPSA) is 65.5 Å². The second kappa shape index (κ2) is 11.3. The van der Waals surface area contributed by atoms with Crippen molar-refractivity contribution in [3.63, 3.8) is 0 Å². The number of halogens is 1. The normalized spacial score (nSPS) is 22.1. The number of carbonyl (C=O) groups excluding carboxylic acids is 1. The molecule has 1 saturated heterocycles. The Hall–Kier alpha value is -0.960. The van der Waals surface area contributed by atoms with Gasteiger partial charge < -0.3 is 16.0 Å². The Kier molecular flexibility index (Phi) is 9.40. The van der Waals surface area contributed by atoms with E-state index in [0.29, 0.717) is 11.3 Å². The lowest BCUT2D eigenvalue weighted by Gasteiger charge is -2.24. The smallest absolute Gasteiger partial charge is 0.227 e. The van der Waals surface area contributed by atoms with Crippen LogP contribution in [0.3, 0.4) is 0 Å². The van der Waals surface area contributed by atoms with Gasteiger partial charge in [-0.25, -0.2) is 4.99 Å². The molecule has 1 atom stereocenters. The van der Waals surface area contributed by atoms with Crippen LogP contribution in [-0.2, 0) is 11.3 Å². The molecule has 1 aromatic carbocycles. The van der Waals surface area contributed by atoms with E-state index in [1.165, 1.54) is 25.0 Å². The minimum atomic E-state index is 0. The molecule has 3 N–H and O–H groups in total. The number of hydrogen-bond donors (Lipinski definition) is 3. The first-order valence-corrected chi connectivity index (χ1v) is 11.1. The summed E-state index contributed by atoms with van der Waals surface area (Å²) in [6.07, 6.45) is 5.77. The Bertz CT molecular complexity index is 672. The molecule has 0 radical (unpaired) electrons. The lowest BCUT2D eigenvalue weighted by atomic mass is 9.85. The van der Waals surface area contributed by atoms with Crippen molar-refractivity contribution in [3.05, 3.63) is 29.8 Å². The predicted octanol–water partition coefficient (Wildman–Crippen LogP) is 4.38. The van der Waals surface area contributed by atoms with Crippen LogP contribution in [0.1, 0.15) is 51.5 Å².